The van der Waals surface area contributed by atoms with Crippen LogP contribution in [0.5, 0.6) is 0 Å². The Balaban J connectivity index is 1.73. The van der Waals surface area contributed by atoms with Gasteiger partial charge in [0.25, 0.3) is 0 Å². The number of aromatic nitrogens is 1. The number of amides is 2. The Hall–Kier alpha value is -1.62. The van der Waals surface area contributed by atoms with Gasteiger partial charge in [-0.2, -0.15) is 0 Å². The predicted octanol–water partition coefficient (Wildman–Crippen LogP) is 1.62. The Labute approximate surface area is 107 Å². The fourth-order valence-corrected chi connectivity index (χ4v) is 1.97. The molecule has 0 aliphatic carbocycles. The number of rotatable bonds is 4. The first-order valence-electron chi connectivity index (χ1n) is 6.31. The second kappa shape index (κ2) is 6.35. The fraction of sp³-hybridized carbons (Fsp3) is 0.538. The number of nitrogens with one attached hydrogen (secondary N) is 2. The number of carbonyl (C=O) groups is 1. The molecule has 0 unspecified atom stereocenters. The summed E-state index contributed by atoms with van der Waals surface area (Å²) < 4.78 is 5.44. The van der Waals surface area contributed by atoms with E-state index in [4.69, 9.17) is 4.74 Å². The lowest BCUT2D eigenvalue weighted by molar-refractivity contribution is 0.111. The predicted molar refractivity (Wildman–Crippen MR) is 68.2 cm³/mol. The van der Waals surface area contributed by atoms with Crippen LogP contribution >= 0.6 is 0 Å². The lowest BCUT2D eigenvalue weighted by Crippen LogP contribution is -2.40. The van der Waals surface area contributed by atoms with E-state index >= 15 is 0 Å². The van der Waals surface area contributed by atoms with Gasteiger partial charge in [-0.3, -0.25) is 4.98 Å². The molecule has 0 saturated carbocycles. The third-order valence-electron chi connectivity index (χ3n) is 3.05. The first-order chi connectivity index (χ1) is 8.75. The van der Waals surface area contributed by atoms with Gasteiger partial charge >= 0.3 is 6.03 Å². The normalized spacial score (nSPS) is 20.4. The monoisotopic (exact) mass is 249 g/mol. The molecule has 98 valence electrons. The maximum atomic E-state index is 11.7. The molecule has 0 bridgehead atoms. The molecule has 1 aromatic rings. The Bertz CT molecular complexity index is 377. The van der Waals surface area contributed by atoms with E-state index < -0.39 is 0 Å². The Morgan fingerprint density at radius 3 is 3.22 bits per heavy atom. The summed E-state index contributed by atoms with van der Waals surface area (Å²) in [6.45, 7) is 3.31. The van der Waals surface area contributed by atoms with Crippen molar-refractivity contribution in [2.75, 3.05) is 13.2 Å². The molecule has 1 aliphatic rings. The molecule has 2 rings (SSSR count). The first kappa shape index (κ1) is 12.8. The molecule has 5 heteroatoms. The number of ether oxygens (including phenoxy) is 1. The van der Waals surface area contributed by atoms with Crippen molar-refractivity contribution in [3.63, 3.8) is 0 Å². The number of urea groups is 1. The van der Waals surface area contributed by atoms with Crippen LogP contribution in [0.15, 0.2) is 24.5 Å². The lowest BCUT2D eigenvalue weighted by atomic mass is 10.1. The summed E-state index contributed by atoms with van der Waals surface area (Å²) in [6, 6.07) is 3.58. The smallest absolute Gasteiger partial charge is 0.315 e. The van der Waals surface area contributed by atoms with E-state index in [9.17, 15) is 4.79 Å². The van der Waals surface area contributed by atoms with E-state index in [-0.39, 0.29) is 18.2 Å². The highest BCUT2D eigenvalue weighted by atomic mass is 16.5. The van der Waals surface area contributed by atoms with Gasteiger partial charge < -0.3 is 15.4 Å². The second-order valence-electron chi connectivity index (χ2n) is 4.50. The van der Waals surface area contributed by atoms with Crippen LogP contribution in [0, 0.1) is 0 Å². The zero-order chi connectivity index (χ0) is 12.8. The van der Waals surface area contributed by atoms with Crippen LogP contribution in [-0.4, -0.2) is 30.3 Å². The molecular formula is C13H19N3O2. The minimum atomic E-state index is -0.165. The van der Waals surface area contributed by atoms with Crippen LogP contribution < -0.4 is 10.6 Å². The number of pyridine rings is 1. The third-order valence-corrected chi connectivity index (χ3v) is 3.05. The van der Waals surface area contributed by atoms with Gasteiger partial charge in [0.1, 0.15) is 0 Å². The van der Waals surface area contributed by atoms with Gasteiger partial charge in [-0.05, 0) is 31.4 Å². The Morgan fingerprint density at radius 2 is 2.56 bits per heavy atom. The van der Waals surface area contributed by atoms with Gasteiger partial charge in [0, 0.05) is 25.5 Å². The first-order valence-corrected chi connectivity index (χ1v) is 6.31. The van der Waals surface area contributed by atoms with Crippen molar-refractivity contribution in [3.05, 3.63) is 30.1 Å². The van der Waals surface area contributed by atoms with Crippen molar-refractivity contribution in [1.29, 1.82) is 0 Å². The van der Waals surface area contributed by atoms with Gasteiger partial charge in [-0.25, -0.2) is 4.79 Å². The SMILES string of the molecule is C[C@@H](NC(=O)NC[C@@H]1CCCO1)c1cccnc1. The highest BCUT2D eigenvalue weighted by Gasteiger charge is 2.16. The Kier molecular flexibility index (Phi) is 4.52. The summed E-state index contributed by atoms with van der Waals surface area (Å²) in [7, 11) is 0. The van der Waals surface area contributed by atoms with Crippen molar-refractivity contribution in [2.45, 2.75) is 31.9 Å². The van der Waals surface area contributed by atoms with Gasteiger partial charge in [-0.1, -0.05) is 6.07 Å². The van der Waals surface area contributed by atoms with Crippen LogP contribution in [0.1, 0.15) is 31.4 Å². The molecule has 1 fully saturated rings. The average molecular weight is 249 g/mol. The summed E-state index contributed by atoms with van der Waals surface area (Å²) in [5.41, 5.74) is 0.991. The Morgan fingerprint density at radius 1 is 1.67 bits per heavy atom. The summed E-state index contributed by atoms with van der Waals surface area (Å²) in [4.78, 5) is 15.7. The largest absolute Gasteiger partial charge is 0.376 e. The van der Waals surface area contributed by atoms with Crippen molar-refractivity contribution >= 4 is 6.03 Å². The molecule has 0 aromatic carbocycles. The van der Waals surface area contributed by atoms with Crippen molar-refractivity contribution < 1.29 is 9.53 Å². The summed E-state index contributed by atoms with van der Waals surface area (Å²) in [5, 5.41) is 5.70. The van der Waals surface area contributed by atoms with Crippen LogP contribution in [0.25, 0.3) is 0 Å². The van der Waals surface area contributed by atoms with Crippen molar-refractivity contribution in [1.82, 2.24) is 15.6 Å². The van der Waals surface area contributed by atoms with E-state index in [2.05, 4.69) is 15.6 Å². The van der Waals surface area contributed by atoms with Crippen LogP contribution in [0.2, 0.25) is 0 Å². The molecular weight excluding hydrogens is 230 g/mol. The minimum absolute atomic E-state index is 0.0526. The van der Waals surface area contributed by atoms with E-state index in [1.54, 1.807) is 12.4 Å². The van der Waals surface area contributed by atoms with Crippen LogP contribution in [0.4, 0.5) is 4.79 Å². The molecule has 2 amide bonds. The van der Waals surface area contributed by atoms with E-state index in [1.165, 1.54) is 0 Å². The number of hydrogen-bond donors (Lipinski definition) is 2. The molecule has 2 atom stereocenters. The van der Waals surface area contributed by atoms with Gasteiger partial charge in [-0.15, -0.1) is 0 Å². The summed E-state index contributed by atoms with van der Waals surface area (Å²) in [5.74, 6) is 0. The van der Waals surface area contributed by atoms with Gasteiger partial charge in [0.2, 0.25) is 0 Å². The number of hydrogen-bond acceptors (Lipinski definition) is 3. The highest BCUT2D eigenvalue weighted by molar-refractivity contribution is 5.74. The standard InChI is InChI=1S/C13H19N3O2/c1-10(11-4-2-6-14-8-11)16-13(17)15-9-12-5-3-7-18-12/h2,4,6,8,10,12H,3,5,7,9H2,1H3,(H2,15,16,17)/t10-,12+/m1/s1. The van der Waals surface area contributed by atoms with Crippen LogP contribution in [0.3, 0.4) is 0 Å². The van der Waals surface area contributed by atoms with Gasteiger partial charge in [0.05, 0.1) is 12.1 Å². The molecule has 0 radical (unpaired) electrons. The summed E-state index contributed by atoms with van der Waals surface area (Å²) in [6.07, 6.45) is 5.75. The molecule has 5 nitrogen and oxygen atoms in total. The molecule has 1 aromatic heterocycles. The highest BCUT2D eigenvalue weighted by Crippen LogP contribution is 2.11. The topological polar surface area (TPSA) is 63.2 Å². The third kappa shape index (κ3) is 3.70. The zero-order valence-electron chi connectivity index (χ0n) is 10.6. The molecule has 2 N–H and O–H groups in total. The molecule has 1 aliphatic heterocycles. The average Bonchev–Trinajstić information content (AvgIpc) is 2.90. The number of nitrogens with zero attached hydrogens (tertiary/aromatic N) is 1. The van der Waals surface area contributed by atoms with Crippen LogP contribution in [-0.2, 0) is 4.74 Å². The molecule has 0 spiro atoms. The molecule has 2 heterocycles. The minimum Gasteiger partial charge on any atom is -0.376 e. The van der Waals surface area contributed by atoms with Crippen molar-refractivity contribution in [3.8, 4) is 0 Å². The lowest BCUT2D eigenvalue weighted by Gasteiger charge is -2.16. The summed E-state index contributed by atoms with van der Waals surface area (Å²) >= 11 is 0. The maximum absolute atomic E-state index is 11.7. The van der Waals surface area contributed by atoms with E-state index in [0.717, 1.165) is 25.0 Å². The maximum Gasteiger partial charge on any atom is 0.315 e. The van der Waals surface area contributed by atoms with E-state index in [1.807, 2.05) is 19.1 Å². The van der Waals surface area contributed by atoms with E-state index in [0.29, 0.717) is 6.54 Å². The fourth-order valence-electron chi connectivity index (χ4n) is 1.97. The second-order valence-corrected chi connectivity index (χ2v) is 4.50. The quantitative estimate of drug-likeness (QED) is 0.852. The zero-order valence-corrected chi connectivity index (χ0v) is 10.6. The van der Waals surface area contributed by atoms with Gasteiger partial charge in [0.15, 0.2) is 0 Å². The molecule has 1 saturated heterocycles. The van der Waals surface area contributed by atoms with Crippen molar-refractivity contribution in [2.24, 2.45) is 0 Å². The molecule has 18 heavy (non-hydrogen) atoms. The number of carbonyl (C=O) groups excluding carboxylic acids is 1.